The predicted molar refractivity (Wildman–Crippen MR) is 96.7 cm³/mol. The van der Waals surface area contributed by atoms with Gasteiger partial charge < -0.3 is 10.0 Å². The molecule has 0 aliphatic carbocycles. The van der Waals surface area contributed by atoms with E-state index in [0.29, 0.717) is 6.42 Å². The Hall–Kier alpha value is -1.89. The van der Waals surface area contributed by atoms with Crippen molar-refractivity contribution in [2.75, 3.05) is 19.0 Å². The van der Waals surface area contributed by atoms with Crippen LogP contribution in [0.3, 0.4) is 0 Å². The highest BCUT2D eigenvalue weighted by Crippen LogP contribution is 2.17. The first-order chi connectivity index (χ1) is 11.3. The van der Waals surface area contributed by atoms with Crippen LogP contribution in [0.4, 0.5) is 5.69 Å². The zero-order valence-electron chi connectivity index (χ0n) is 14.2. The van der Waals surface area contributed by atoms with Gasteiger partial charge in [-0.05, 0) is 43.2 Å². The summed E-state index contributed by atoms with van der Waals surface area (Å²) in [5, 5.41) is 10.3. The Bertz CT molecular complexity index is 744. The minimum absolute atomic E-state index is 0.187. The van der Waals surface area contributed by atoms with Gasteiger partial charge in [-0.15, -0.1) is 0 Å². The molecule has 24 heavy (non-hydrogen) atoms. The zero-order chi connectivity index (χ0) is 17.7. The molecule has 2 atom stereocenters. The number of hydrogen-bond acceptors (Lipinski definition) is 4. The van der Waals surface area contributed by atoms with Gasteiger partial charge in [0.1, 0.15) is 0 Å². The molecule has 0 amide bonds. The molecule has 0 saturated heterocycles. The van der Waals surface area contributed by atoms with Crippen LogP contribution in [-0.4, -0.2) is 39.8 Å². The van der Waals surface area contributed by atoms with E-state index >= 15 is 0 Å². The van der Waals surface area contributed by atoms with Crippen molar-refractivity contribution < 1.29 is 13.5 Å². The summed E-state index contributed by atoms with van der Waals surface area (Å²) in [5.41, 5.74) is 1.89. The summed E-state index contributed by atoms with van der Waals surface area (Å²) in [6.45, 7) is 1.67. The second-order valence-electron chi connectivity index (χ2n) is 6.06. The van der Waals surface area contributed by atoms with Crippen LogP contribution in [0.25, 0.3) is 0 Å². The lowest BCUT2D eigenvalue weighted by Crippen LogP contribution is -2.42. The molecule has 0 aromatic heterocycles. The molecule has 2 rings (SSSR count). The Morgan fingerprint density at radius 3 is 2.17 bits per heavy atom. The van der Waals surface area contributed by atoms with Crippen LogP contribution in [0.2, 0.25) is 0 Å². The lowest BCUT2D eigenvalue weighted by atomic mass is 10.0. The van der Waals surface area contributed by atoms with Gasteiger partial charge in [-0.2, -0.15) is 0 Å². The molecule has 0 aliphatic heterocycles. The van der Waals surface area contributed by atoms with E-state index in [1.165, 1.54) is 0 Å². The third-order valence-corrected chi connectivity index (χ3v) is 5.44. The van der Waals surface area contributed by atoms with Gasteiger partial charge in [-0.25, -0.2) is 13.1 Å². The average molecular weight is 348 g/mol. The van der Waals surface area contributed by atoms with Gasteiger partial charge in [0, 0.05) is 25.8 Å². The van der Waals surface area contributed by atoms with E-state index in [1.807, 2.05) is 49.3 Å². The summed E-state index contributed by atoms with van der Waals surface area (Å²) in [5.74, 6) is 0. The van der Waals surface area contributed by atoms with E-state index in [9.17, 15) is 13.5 Å². The number of sulfonamides is 1. The molecule has 0 bridgehead atoms. The van der Waals surface area contributed by atoms with Gasteiger partial charge >= 0.3 is 0 Å². The molecule has 130 valence electrons. The fraction of sp³-hybridized carbons (Fsp3) is 0.333. The molecule has 0 heterocycles. The minimum atomic E-state index is -3.67. The van der Waals surface area contributed by atoms with Crippen molar-refractivity contribution in [2.45, 2.75) is 30.4 Å². The Balaban J connectivity index is 2.04. The number of benzene rings is 2. The van der Waals surface area contributed by atoms with Crippen LogP contribution in [0, 0.1) is 0 Å². The maximum atomic E-state index is 12.4. The fourth-order valence-corrected chi connectivity index (χ4v) is 3.62. The standard InChI is InChI=1S/C18H24N2O3S/c1-14(18(21)13-15-7-5-4-6-8-15)19-24(22,23)17-11-9-16(10-12-17)20(2)3/h4-12,14,18-19,21H,13H2,1-3H3/t14-,18+/m1/s1. The van der Waals surface area contributed by atoms with Crippen molar-refractivity contribution in [2.24, 2.45) is 0 Å². The van der Waals surface area contributed by atoms with Gasteiger partial charge in [0.2, 0.25) is 10.0 Å². The highest BCUT2D eigenvalue weighted by atomic mass is 32.2. The number of rotatable bonds is 7. The van der Waals surface area contributed by atoms with E-state index < -0.39 is 22.2 Å². The fourth-order valence-electron chi connectivity index (χ4n) is 2.35. The lowest BCUT2D eigenvalue weighted by molar-refractivity contribution is 0.144. The quantitative estimate of drug-likeness (QED) is 0.803. The van der Waals surface area contributed by atoms with Crippen molar-refractivity contribution in [1.29, 1.82) is 0 Å². The Morgan fingerprint density at radius 1 is 1.04 bits per heavy atom. The molecule has 0 spiro atoms. The number of hydrogen-bond donors (Lipinski definition) is 2. The van der Waals surface area contributed by atoms with Crippen molar-refractivity contribution in [3.05, 3.63) is 60.2 Å². The first kappa shape index (κ1) is 18.4. The largest absolute Gasteiger partial charge is 0.391 e. The average Bonchev–Trinajstić information content (AvgIpc) is 2.55. The van der Waals surface area contributed by atoms with Crippen LogP contribution in [-0.2, 0) is 16.4 Å². The Kier molecular flexibility index (Phi) is 5.99. The molecule has 2 aromatic carbocycles. The number of nitrogens with one attached hydrogen (secondary N) is 1. The summed E-state index contributed by atoms with van der Waals surface area (Å²) in [6, 6.07) is 15.5. The molecule has 2 N–H and O–H groups in total. The van der Waals surface area contributed by atoms with Crippen molar-refractivity contribution in [3.63, 3.8) is 0 Å². The third-order valence-electron chi connectivity index (χ3n) is 3.87. The van der Waals surface area contributed by atoms with E-state index in [1.54, 1.807) is 31.2 Å². The van der Waals surface area contributed by atoms with E-state index in [4.69, 9.17) is 0 Å². The lowest BCUT2D eigenvalue weighted by Gasteiger charge is -2.20. The number of aliphatic hydroxyl groups is 1. The summed E-state index contributed by atoms with van der Waals surface area (Å²) in [6.07, 6.45) is -0.410. The second-order valence-corrected chi connectivity index (χ2v) is 7.77. The highest BCUT2D eigenvalue weighted by Gasteiger charge is 2.22. The summed E-state index contributed by atoms with van der Waals surface area (Å²) >= 11 is 0. The van der Waals surface area contributed by atoms with Gasteiger partial charge in [-0.1, -0.05) is 30.3 Å². The topological polar surface area (TPSA) is 69.6 Å². The van der Waals surface area contributed by atoms with Crippen molar-refractivity contribution in [1.82, 2.24) is 4.72 Å². The monoisotopic (exact) mass is 348 g/mol. The second kappa shape index (κ2) is 7.79. The van der Waals surface area contributed by atoms with Gasteiger partial charge in [-0.3, -0.25) is 0 Å². The molecular weight excluding hydrogens is 324 g/mol. The molecule has 0 radical (unpaired) electrons. The maximum absolute atomic E-state index is 12.4. The molecule has 0 saturated carbocycles. The van der Waals surface area contributed by atoms with Crippen LogP contribution < -0.4 is 9.62 Å². The summed E-state index contributed by atoms with van der Waals surface area (Å²) < 4.78 is 27.4. The summed E-state index contributed by atoms with van der Waals surface area (Å²) in [7, 11) is 0.117. The highest BCUT2D eigenvalue weighted by molar-refractivity contribution is 7.89. The van der Waals surface area contributed by atoms with E-state index in [0.717, 1.165) is 11.3 Å². The van der Waals surface area contributed by atoms with Gasteiger partial charge in [0.05, 0.1) is 11.0 Å². The van der Waals surface area contributed by atoms with E-state index in [-0.39, 0.29) is 4.90 Å². The minimum Gasteiger partial charge on any atom is -0.391 e. The van der Waals surface area contributed by atoms with Crippen molar-refractivity contribution in [3.8, 4) is 0 Å². The van der Waals surface area contributed by atoms with E-state index in [2.05, 4.69) is 4.72 Å². The molecule has 0 fully saturated rings. The SMILES string of the molecule is C[C@@H](NS(=O)(=O)c1ccc(N(C)C)cc1)[C@@H](O)Cc1ccccc1. The smallest absolute Gasteiger partial charge is 0.240 e. The normalized spacial score (nSPS) is 14.2. The molecule has 6 heteroatoms. The van der Waals surface area contributed by atoms with Gasteiger partial charge in [0.15, 0.2) is 0 Å². The Labute approximate surface area is 144 Å². The molecule has 2 aromatic rings. The van der Waals surface area contributed by atoms with Crippen molar-refractivity contribution >= 4 is 15.7 Å². The molecule has 5 nitrogen and oxygen atoms in total. The van der Waals surface area contributed by atoms with Gasteiger partial charge in [0.25, 0.3) is 0 Å². The van der Waals surface area contributed by atoms with Crippen LogP contribution in [0.1, 0.15) is 12.5 Å². The first-order valence-corrected chi connectivity index (χ1v) is 9.29. The number of anilines is 1. The maximum Gasteiger partial charge on any atom is 0.240 e. The zero-order valence-corrected chi connectivity index (χ0v) is 15.0. The molecule has 0 unspecified atom stereocenters. The molecule has 0 aliphatic rings. The van der Waals surface area contributed by atoms with Crippen LogP contribution in [0.15, 0.2) is 59.5 Å². The Morgan fingerprint density at radius 2 is 1.62 bits per heavy atom. The molecular formula is C18H24N2O3S. The van der Waals surface area contributed by atoms with Crippen LogP contribution in [0.5, 0.6) is 0 Å². The number of nitrogens with zero attached hydrogens (tertiary/aromatic N) is 1. The third kappa shape index (κ3) is 4.80. The van der Waals surface area contributed by atoms with Crippen LogP contribution >= 0.6 is 0 Å². The number of aliphatic hydroxyl groups excluding tert-OH is 1. The predicted octanol–water partition coefficient (Wildman–Crippen LogP) is 2.02. The first-order valence-electron chi connectivity index (χ1n) is 7.81. The summed E-state index contributed by atoms with van der Waals surface area (Å²) in [4.78, 5) is 2.09.